The second-order valence-corrected chi connectivity index (χ2v) is 7.05. The Bertz CT molecular complexity index is 598. The van der Waals surface area contributed by atoms with E-state index in [1.54, 1.807) is 12.1 Å². The Balaban J connectivity index is 1.51. The highest BCUT2D eigenvalue weighted by Gasteiger charge is 2.21. The molecule has 0 saturated carbocycles. The molecule has 1 fully saturated rings. The maximum absolute atomic E-state index is 11.9. The molecule has 150 valence electrons. The molecule has 2 N–H and O–H groups in total. The van der Waals surface area contributed by atoms with E-state index in [2.05, 4.69) is 29.4 Å². The molecule has 2 unspecified atom stereocenters. The van der Waals surface area contributed by atoms with E-state index in [1.807, 2.05) is 0 Å². The molecule has 0 aliphatic carbocycles. The number of hydrogen-bond acceptors (Lipinski definition) is 6. The van der Waals surface area contributed by atoms with E-state index in [0.29, 0.717) is 25.9 Å². The number of carbonyl (C=O) groups is 1. The monoisotopic (exact) mass is 378 g/mol. The Hall–Kier alpha value is -2.19. The summed E-state index contributed by atoms with van der Waals surface area (Å²) in [7, 11) is 0. The molecule has 0 radical (unpaired) electrons. The van der Waals surface area contributed by atoms with Crippen LogP contribution in [-0.2, 0) is 9.53 Å². The quantitative estimate of drug-likeness (QED) is 0.369. The van der Waals surface area contributed by atoms with Crippen LogP contribution in [0.5, 0.6) is 0 Å². The number of nitro groups is 1. The number of carbonyl (C=O) groups excluding carboxylic acids is 1. The van der Waals surface area contributed by atoms with Crippen LogP contribution < -0.4 is 10.6 Å². The van der Waals surface area contributed by atoms with Gasteiger partial charge in [-0.15, -0.1) is 0 Å². The number of non-ortho nitro benzene ring substituents is 1. The lowest BCUT2D eigenvalue weighted by Gasteiger charge is -2.35. The summed E-state index contributed by atoms with van der Waals surface area (Å²) in [6.07, 6.45) is 2.65. The van der Waals surface area contributed by atoms with E-state index >= 15 is 0 Å². The summed E-state index contributed by atoms with van der Waals surface area (Å²) in [5.41, 5.74) is 0.885. The minimum atomic E-state index is -0.422. The van der Waals surface area contributed by atoms with Crippen molar-refractivity contribution in [1.82, 2.24) is 10.2 Å². The zero-order chi connectivity index (χ0) is 19.6. The lowest BCUT2D eigenvalue weighted by molar-refractivity contribution is -0.384. The number of nitrogens with one attached hydrogen (secondary N) is 2. The van der Waals surface area contributed by atoms with Crippen molar-refractivity contribution in [2.24, 2.45) is 0 Å². The normalized spacial score (nSPS) is 20.2. The Morgan fingerprint density at radius 2 is 1.85 bits per heavy atom. The van der Waals surface area contributed by atoms with Crippen molar-refractivity contribution in [3.8, 4) is 0 Å². The van der Waals surface area contributed by atoms with Crippen molar-refractivity contribution in [3.63, 3.8) is 0 Å². The summed E-state index contributed by atoms with van der Waals surface area (Å²) in [6, 6.07) is 6.27. The highest BCUT2D eigenvalue weighted by atomic mass is 16.6. The number of nitro benzene ring substituents is 1. The number of amides is 1. The van der Waals surface area contributed by atoms with Gasteiger partial charge < -0.3 is 15.4 Å². The van der Waals surface area contributed by atoms with Crippen LogP contribution in [0.25, 0.3) is 0 Å². The van der Waals surface area contributed by atoms with Crippen molar-refractivity contribution < 1.29 is 14.5 Å². The predicted octanol–water partition coefficient (Wildman–Crippen LogP) is 2.40. The minimum Gasteiger partial charge on any atom is -0.385 e. The van der Waals surface area contributed by atoms with Crippen molar-refractivity contribution in [1.29, 1.82) is 0 Å². The number of hydrogen-bond donors (Lipinski definition) is 2. The van der Waals surface area contributed by atoms with Gasteiger partial charge in [0.25, 0.3) is 5.69 Å². The van der Waals surface area contributed by atoms with Crippen LogP contribution in [0.1, 0.15) is 33.1 Å². The fourth-order valence-electron chi connectivity index (χ4n) is 3.27. The number of rotatable bonds is 10. The zero-order valence-corrected chi connectivity index (χ0v) is 16.1. The number of morpholine rings is 1. The SMILES string of the molecule is CC1CN(CCCNC(=O)CCCNc2ccc([N+](=O)[O-])cc2)CC(C)O1. The average Bonchev–Trinajstić information content (AvgIpc) is 2.62. The fourth-order valence-corrected chi connectivity index (χ4v) is 3.27. The van der Waals surface area contributed by atoms with Crippen LogP contribution in [0.15, 0.2) is 24.3 Å². The van der Waals surface area contributed by atoms with Crippen molar-refractivity contribution >= 4 is 17.3 Å². The van der Waals surface area contributed by atoms with Gasteiger partial charge in [-0.25, -0.2) is 0 Å². The van der Waals surface area contributed by atoms with E-state index in [4.69, 9.17) is 4.74 Å². The molecule has 0 bridgehead atoms. The lowest BCUT2D eigenvalue weighted by Crippen LogP contribution is -2.46. The fraction of sp³-hybridized carbons (Fsp3) is 0.632. The molecule has 1 aliphatic rings. The van der Waals surface area contributed by atoms with Crippen LogP contribution in [-0.4, -0.2) is 60.7 Å². The highest BCUT2D eigenvalue weighted by Crippen LogP contribution is 2.15. The Kier molecular flexibility index (Phi) is 8.47. The summed E-state index contributed by atoms with van der Waals surface area (Å²) in [5, 5.41) is 16.7. The average molecular weight is 378 g/mol. The third kappa shape index (κ3) is 7.92. The topological polar surface area (TPSA) is 96.7 Å². The molecule has 1 aliphatic heterocycles. The van der Waals surface area contributed by atoms with Crippen molar-refractivity contribution in [3.05, 3.63) is 34.4 Å². The van der Waals surface area contributed by atoms with Gasteiger partial charge >= 0.3 is 0 Å². The highest BCUT2D eigenvalue weighted by molar-refractivity contribution is 5.75. The van der Waals surface area contributed by atoms with Crippen LogP contribution in [0.2, 0.25) is 0 Å². The molecule has 1 aromatic carbocycles. The van der Waals surface area contributed by atoms with Gasteiger partial charge in [-0.2, -0.15) is 0 Å². The lowest BCUT2D eigenvalue weighted by atomic mass is 10.2. The first kappa shape index (κ1) is 21.1. The smallest absolute Gasteiger partial charge is 0.269 e. The minimum absolute atomic E-state index is 0.0595. The molecular weight excluding hydrogens is 348 g/mol. The van der Waals surface area contributed by atoms with E-state index < -0.39 is 4.92 Å². The molecule has 0 spiro atoms. The van der Waals surface area contributed by atoms with Gasteiger partial charge in [0.1, 0.15) is 0 Å². The number of anilines is 1. The van der Waals surface area contributed by atoms with E-state index in [9.17, 15) is 14.9 Å². The van der Waals surface area contributed by atoms with Gasteiger partial charge in [-0.3, -0.25) is 19.8 Å². The molecule has 0 aromatic heterocycles. The molecule has 27 heavy (non-hydrogen) atoms. The van der Waals surface area contributed by atoms with E-state index in [1.165, 1.54) is 12.1 Å². The van der Waals surface area contributed by atoms with Crippen LogP contribution in [0, 0.1) is 10.1 Å². The van der Waals surface area contributed by atoms with Gasteiger partial charge in [0.15, 0.2) is 0 Å². The van der Waals surface area contributed by atoms with Gasteiger partial charge in [0.2, 0.25) is 5.91 Å². The van der Waals surface area contributed by atoms with Gasteiger partial charge in [-0.1, -0.05) is 0 Å². The first-order valence-electron chi connectivity index (χ1n) is 9.57. The van der Waals surface area contributed by atoms with Crippen LogP contribution >= 0.6 is 0 Å². The second-order valence-electron chi connectivity index (χ2n) is 7.05. The first-order valence-corrected chi connectivity index (χ1v) is 9.57. The molecule has 1 amide bonds. The Morgan fingerprint density at radius 1 is 1.19 bits per heavy atom. The van der Waals surface area contributed by atoms with Gasteiger partial charge in [0, 0.05) is 57.0 Å². The third-order valence-electron chi connectivity index (χ3n) is 4.46. The molecule has 1 heterocycles. The summed E-state index contributed by atoms with van der Waals surface area (Å²) < 4.78 is 5.72. The summed E-state index contributed by atoms with van der Waals surface area (Å²) in [4.78, 5) is 24.5. The molecule has 1 saturated heterocycles. The van der Waals surface area contributed by atoms with Gasteiger partial charge in [-0.05, 0) is 38.8 Å². The summed E-state index contributed by atoms with van der Waals surface area (Å²) in [5.74, 6) is 0.0595. The Labute approximate surface area is 160 Å². The van der Waals surface area contributed by atoms with Crippen molar-refractivity contribution in [2.75, 3.05) is 38.0 Å². The molecule has 2 atom stereocenters. The standard InChI is InChI=1S/C19H30N4O4/c1-15-13-22(14-16(2)27-15)12-4-11-21-19(24)5-3-10-20-17-6-8-18(9-7-17)23(25)26/h6-9,15-16,20H,3-5,10-14H2,1-2H3,(H,21,24). The number of nitrogens with zero attached hydrogens (tertiary/aromatic N) is 2. The molecular formula is C19H30N4O4. The number of benzene rings is 1. The summed E-state index contributed by atoms with van der Waals surface area (Å²) in [6.45, 7) is 8.40. The maximum Gasteiger partial charge on any atom is 0.269 e. The van der Waals surface area contributed by atoms with E-state index in [0.717, 1.165) is 31.7 Å². The van der Waals surface area contributed by atoms with Crippen LogP contribution in [0.4, 0.5) is 11.4 Å². The summed E-state index contributed by atoms with van der Waals surface area (Å²) >= 11 is 0. The number of ether oxygens (including phenoxy) is 1. The molecule has 8 nitrogen and oxygen atoms in total. The molecule has 8 heteroatoms. The third-order valence-corrected chi connectivity index (χ3v) is 4.46. The predicted molar refractivity (Wildman–Crippen MR) is 105 cm³/mol. The van der Waals surface area contributed by atoms with Crippen molar-refractivity contribution in [2.45, 2.75) is 45.3 Å². The van der Waals surface area contributed by atoms with Gasteiger partial charge in [0.05, 0.1) is 17.1 Å². The first-order chi connectivity index (χ1) is 12.9. The van der Waals surface area contributed by atoms with Crippen LogP contribution in [0.3, 0.4) is 0 Å². The molecule has 1 aromatic rings. The maximum atomic E-state index is 11.9. The zero-order valence-electron chi connectivity index (χ0n) is 16.1. The second kappa shape index (κ2) is 10.8. The molecule has 2 rings (SSSR count). The Morgan fingerprint density at radius 3 is 2.48 bits per heavy atom. The largest absolute Gasteiger partial charge is 0.385 e. The van der Waals surface area contributed by atoms with E-state index in [-0.39, 0.29) is 23.8 Å².